The number of nitrogens with zero attached hydrogens (tertiary/aromatic N) is 4. The first kappa shape index (κ1) is 21.3. The van der Waals surface area contributed by atoms with Gasteiger partial charge in [0.1, 0.15) is 5.92 Å². The third-order valence-electron chi connectivity index (χ3n) is 5.68. The first-order valence-electron chi connectivity index (χ1n) is 10.8. The molecule has 1 unspecified atom stereocenters. The molecule has 0 fully saturated rings. The summed E-state index contributed by atoms with van der Waals surface area (Å²) in [4.78, 5) is 33.3. The lowest BCUT2D eigenvalue weighted by molar-refractivity contribution is -0.115. The van der Waals surface area contributed by atoms with Gasteiger partial charge < -0.3 is 15.2 Å². The average molecular weight is 454 g/mol. The number of H-pyrrole nitrogens is 1. The zero-order valence-corrected chi connectivity index (χ0v) is 18.7. The molecule has 0 radical (unpaired) electrons. The number of imidazole rings is 1. The molecule has 9 nitrogen and oxygen atoms in total. The number of aromatic amines is 1. The summed E-state index contributed by atoms with van der Waals surface area (Å²) in [5.74, 6) is 0.0799. The van der Waals surface area contributed by atoms with E-state index in [1.807, 2.05) is 55.5 Å². The number of aliphatic imine (C=N–C) groups is 1. The first-order valence-corrected chi connectivity index (χ1v) is 10.8. The third kappa shape index (κ3) is 4.36. The number of carbonyl (C=O) groups is 2. The molecular formula is C25H23N7O2. The predicted molar refractivity (Wildman–Crippen MR) is 130 cm³/mol. The summed E-state index contributed by atoms with van der Waals surface area (Å²) < 4.78 is 1.67. The number of fused-ring (bicyclic) bond motifs is 1. The fourth-order valence-electron chi connectivity index (χ4n) is 3.93. The quantitative estimate of drug-likeness (QED) is 0.386. The molecule has 9 heteroatoms. The number of rotatable bonds is 6. The van der Waals surface area contributed by atoms with Gasteiger partial charge in [-0.2, -0.15) is 5.10 Å². The topological polar surface area (TPSA) is 117 Å². The van der Waals surface area contributed by atoms with Crippen LogP contribution in [0, 0.1) is 6.92 Å². The number of nitrogens with one attached hydrogen (secondary N) is 3. The maximum Gasteiger partial charge on any atom is 0.291 e. The normalized spacial score (nSPS) is 14.9. The predicted octanol–water partition coefficient (Wildman–Crippen LogP) is 3.73. The van der Waals surface area contributed by atoms with Gasteiger partial charge in [0.2, 0.25) is 5.91 Å². The van der Waals surface area contributed by atoms with Crippen LogP contribution in [0.15, 0.2) is 65.9 Å². The van der Waals surface area contributed by atoms with Crippen molar-refractivity contribution >= 4 is 35.2 Å². The lowest BCUT2D eigenvalue weighted by atomic mass is 9.96. The van der Waals surface area contributed by atoms with Gasteiger partial charge in [-0.3, -0.25) is 14.7 Å². The first-order chi connectivity index (χ1) is 16.5. The average Bonchev–Trinajstić information content (AvgIpc) is 3.52. The van der Waals surface area contributed by atoms with Crippen LogP contribution in [0.2, 0.25) is 0 Å². The fourth-order valence-corrected chi connectivity index (χ4v) is 3.93. The number of hydrogen-bond donors (Lipinski definition) is 3. The number of aryl methyl sites for hydroxylation is 2. The number of aromatic nitrogens is 4. The summed E-state index contributed by atoms with van der Waals surface area (Å²) in [6.45, 7) is 1.90. The number of benzene rings is 2. The molecule has 0 saturated heterocycles. The van der Waals surface area contributed by atoms with Gasteiger partial charge >= 0.3 is 0 Å². The Morgan fingerprint density at radius 1 is 1.18 bits per heavy atom. The molecule has 3 N–H and O–H groups in total. The van der Waals surface area contributed by atoms with Crippen molar-refractivity contribution in [3.05, 3.63) is 89.1 Å². The molecule has 0 saturated carbocycles. The molecule has 5 rings (SSSR count). The van der Waals surface area contributed by atoms with Crippen molar-refractivity contribution in [2.75, 3.05) is 10.6 Å². The van der Waals surface area contributed by atoms with Gasteiger partial charge in [-0.15, -0.1) is 0 Å². The monoisotopic (exact) mass is 453 g/mol. The number of anilines is 2. The molecule has 1 atom stereocenters. The molecule has 3 heterocycles. The Balaban J connectivity index is 1.29. The SMILES string of the molecule is Cc1cc(N=CC2C(=O)Nc3ccc(Cc4ccc(NC(=O)c5nccn5C)cc4)cc32)n[nH]1. The highest BCUT2D eigenvalue weighted by Gasteiger charge is 2.29. The Labute approximate surface area is 196 Å². The van der Waals surface area contributed by atoms with Crippen molar-refractivity contribution in [3.63, 3.8) is 0 Å². The Hall–Kier alpha value is -4.53. The zero-order valence-electron chi connectivity index (χ0n) is 18.7. The minimum absolute atomic E-state index is 0.101. The lowest BCUT2D eigenvalue weighted by Crippen LogP contribution is -2.16. The molecule has 4 aromatic rings. The second-order valence-electron chi connectivity index (χ2n) is 8.27. The molecule has 0 bridgehead atoms. The van der Waals surface area contributed by atoms with E-state index in [4.69, 9.17) is 0 Å². The Morgan fingerprint density at radius 2 is 1.97 bits per heavy atom. The standard InChI is InChI=1S/C25H23N7O2/c1-15-11-22(31-30-15)27-14-20-19-13-17(5-8-21(19)29-24(20)33)12-16-3-6-18(7-4-16)28-25(34)23-26-9-10-32(23)2/h3-11,13-14,20H,12H2,1-2H3,(H,28,34)(H,29,33)(H,30,31). The van der Waals surface area contributed by atoms with Crippen molar-refractivity contribution < 1.29 is 9.59 Å². The third-order valence-corrected chi connectivity index (χ3v) is 5.68. The molecular weight excluding hydrogens is 430 g/mol. The summed E-state index contributed by atoms with van der Waals surface area (Å²) in [6, 6.07) is 15.5. The second kappa shape index (κ2) is 8.78. The van der Waals surface area contributed by atoms with E-state index in [0.717, 1.165) is 28.1 Å². The number of carbonyl (C=O) groups excluding carboxylic acids is 2. The van der Waals surface area contributed by atoms with Crippen molar-refractivity contribution in [2.24, 2.45) is 12.0 Å². The van der Waals surface area contributed by atoms with Crippen LogP contribution >= 0.6 is 0 Å². The smallest absolute Gasteiger partial charge is 0.291 e. The van der Waals surface area contributed by atoms with Gasteiger partial charge in [-0.05, 0) is 48.2 Å². The van der Waals surface area contributed by atoms with Crippen LogP contribution < -0.4 is 10.6 Å². The highest BCUT2D eigenvalue weighted by atomic mass is 16.2. The maximum atomic E-state index is 12.5. The zero-order chi connectivity index (χ0) is 23.7. The molecule has 170 valence electrons. The van der Waals surface area contributed by atoms with Crippen LogP contribution in [-0.4, -0.2) is 37.8 Å². The maximum absolute atomic E-state index is 12.5. The summed E-state index contributed by atoms with van der Waals surface area (Å²) in [5.41, 5.74) is 5.48. The van der Waals surface area contributed by atoms with E-state index in [1.165, 1.54) is 0 Å². The summed E-state index contributed by atoms with van der Waals surface area (Å²) in [7, 11) is 1.78. The lowest BCUT2D eigenvalue weighted by Gasteiger charge is -2.09. The minimum Gasteiger partial charge on any atom is -0.330 e. The van der Waals surface area contributed by atoms with E-state index >= 15 is 0 Å². The van der Waals surface area contributed by atoms with Gasteiger partial charge in [-0.1, -0.05) is 24.3 Å². The van der Waals surface area contributed by atoms with Crippen LogP contribution in [0.1, 0.15) is 38.9 Å². The molecule has 1 aliphatic rings. The van der Waals surface area contributed by atoms with Crippen LogP contribution in [0.4, 0.5) is 17.2 Å². The van der Waals surface area contributed by atoms with E-state index in [-0.39, 0.29) is 11.8 Å². The summed E-state index contributed by atoms with van der Waals surface area (Å²) in [6.07, 6.45) is 5.65. The van der Waals surface area contributed by atoms with Crippen molar-refractivity contribution in [2.45, 2.75) is 19.3 Å². The number of hydrogen-bond acceptors (Lipinski definition) is 5. The van der Waals surface area contributed by atoms with Gasteiger partial charge in [0.25, 0.3) is 5.91 Å². The highest BCUT2D eigenvalue weighted by molar-refractivity contribution is 6.12. The Morgan fingerprint density at radius 3 is 2.68 bits per heavy atom. The number of amides is 2. The molecule has 2 aromatic heterocycles. The van der Waals surface area contributed by atoms with E-state index in [9.17, 15) is 9.59 Å². The largest absolute Gasteiger partial charge is 0.330 e. The van der Waals surface area contributed by atoms with Crippen molar-refractivity contribution in [3.8, 4) is 0 Å². The van der Waals surface area contributed by atoms with E-state index < -0.39 is 5.92 Å². The summed E-state index contributed by atoms with van der Waals surface area (Å²) >= 11 is 0. The molecule has 0 spiro atoms. The van der Waals surface area contributed by atoms with Crippen LogP contribution in [0.5, 0.6) is 0 Å². The molecule has 34 heavy (non-hydrogen) atoms. The molecule has 2 aromatic carbocycles. The van der Waals surface area contributed by atoms with Gasteiger partial charge in [0.05, 0.1) is 0 Å². The Bertz CT molecular complexity index is 1400. The highest BCUT2D eigenvalue weighted by Crippen LogP contribution is 2.33. The molecule has 0 aliphatic carbocycles. The van der Waals surface area contributed by atoms with Crippen LogP contribution in [-0.2, 0) is 18.3 Å². The Kier molecular flexibility index (Phi) is 5.51. The molecule has 2 amide bonds. The minimum atomic E-state index is -0.462. The fraction of sp³-hybridized carbons (Fsp3) is 0.160. The molecule has 1 aliphatic heterocycles. The second-order valence-corrected chi connectivity index (χ2v) is 8.27. The summed E-state index contributed by atoms with van der Waals surface area (Å²) in [5, 5.41) is 12.7. The van der Waals surface area contributed by atoms with Gasteiger partial charge in [-0.25, -0.2) is 9.98 Å². The van der Waals surface area contributed by atoms with Gasteiger partial charge in [0, 0.05) is 48.8 Å². The van der Waals surface area contributed by atoms with Crippen LogP contribution in [0.25, 0.3) is 0 Å². The van der Waals surface area contributed by atoms with E-state index in [1.54, 1.807) is 30.2 Å². The van der Waals surface area contributed by atoms with Gasteiger partial charge in [0.15, 0.2) is 11.6 Å². The van der Waals surface area contributed by atoms with Crippen molar-refractivity contribution in [1.29, 1.82) is 0 Å². The van der Waals surface area contributed by atoms with Crippen molar-refractivity contribution in [1.82, 2.24) is 19.7 Å². The van der Waals surface area contributed by atoms with Crippen LogP contribution in [0.3, 0.4) is 0 Å². The van der Waals surface area contributed by atoms with E-state index in [2.05, 4.69) is 30.8 Å². The van der Waals surface area contributed by atoms with E-state index in [0.29, 0.717) is 23.8 Å².